The van der Waals surface area contributed by atoms with Crippen LogP contribution in [0.1, 0.15) is 47.7 Å². The lowest BCUT2D eigenvalue weighted by Crippen LogP contribution is -2.28. The minimum atomic E-state index is -0.150. The third-order valence-corrected chi connectivity index (χ3v) is 5.06. The van der Waals surface area contributed by atoms with Gasteiger partial charge in [0.15, 0.2) is 11.6 Å². The fourth-order valence-corrected chi connectivity index (χ4v) is 3.88. The molecule has 1 N–H and O–H groups in total. The lowest BCUT2D eigenvalue weighted by atomic mass is 9.76. The molecule has 0 saturated heterocycles. The van der Waals surface area contributed by atoms with Gasteiger partial charge in [0.25, 0.3) is 5.95 Å². The molecule has 1 aromatic carbocycles. The maximum atomic E-state index is 13.1. The zero-order valence-corrected chi connectivity index (χ0v) is 17.4. The number of hydrogen-bond donors (Lipinski definition) is 1. The number of rotatable bonds is 4. The second kappa shape index (κ2) is 6.99. The van der Waals surface area contributed by atoms with E-state index in [4.69, 9.17) is 9.84 Å². The van der Waals surface area contributed by atoms with Crippen molar-refractivity contribution >= 4 is 17.3 Å². The van der Waals surface area contributed by atoms with Crippen LogP contribution in [0.2, 0.25) is 0 Å². The number of carbonyl (C=O) groups excluding carboxylic acids is 1. The highest BCUT2D eigenvalue weighted by atomic mass is 16.5. The summed E-state index contributed by atoms with van der Waals surface area (Å²) < 4.78 is 7.15. The first kappa shape index (κ1) is 19.1. The van der Waals surface area contributed by atoms with E-state index in [0.717, 1.165) is 22.8 Å². The Morgan fingerprint density at radius 1 is 1.10 bits per heavy atom. The third-order valence-electron chi connectivity index (χ3n) is 5.06. The fourth-order valence-electron chi connectivity index (χ4n) is 3.88. The Labute approximate surface area is 170 Å². The van der Waals surface area contributed by atoms with Crippen LogP contribution >= 0.6 is 0 Å². The van der Waals surface area contributed by atoms with Crippen molar-refractivity contribution in [2.75, 3.05) is 12.4 Å². The number of anilines is 2. The summed E-state index contributed by atoms with van der Waals surface area (Å²) in [5.41, 5.74) is 3.77. The highest BCUT2D eigenvalue weighted by molar-refractivity contribution is 6.03. The summed E-state index contributed by atoms with van der Waals surface area (Å²) in [6.07, 6.45) is 1.19. The number of para-hydroxylation sites is 2. The number of aromatic nitrogens is 4. The molecule has 7 heteroatoms. The number of hydrogen-bond acceptors (Lipinski definition) is 6. The largest absolute Gasteiger partial charge is 0.495 e. The molecule has 0 radical (unpaired) electrons. The zero-order valence-electron chi connectivity index (χ0n) is 17.4. The molecular formula is C22H25N5O2. The van der Waals surface area contributed by atoms with E-state index in [-0.39, 0.29) is 11.2 Å². The minimum absolute atomic E-state index is 0.0734. The van der Waals surface area contributed by atoms with E-state index in [1.165, 1.54) is 0 Å². The van der Waals surface area contributed by atoms with Crippen LogP contribution < -0.4 is 10.1 Å². The summed E-state index contributed by atoms with van der Waals surface area (Å²) in [4.78, 5) is 22.2. The molecule has 2 heterocycles. The molecule has 1 aliphatic rings. The second-order valence-corrected chi connectivity index (χ2v) is 8.30. The molecule has 0 unspecified atom stereocenters. The molecule has 7 nitrogen and oxygen atoms in total. The topological polar surface area (TPSA) is 81.9 Å². The van der Waals surface area contributed by atoms with Gasteiger partial charge in [0, 0.05) is 17.8 Å². The van der Waals surface area contributed by atoms with E-state index >= 15 is 0 Å². The number of fused-ring (bicyclic) bond motifs is 1. The molecule has 150 valence electrons. The van der Waals surface area contributed by atoms with Crippen LogP contribution in [0.15, 0.2) is 30.3 Å². The molecule has 0 aliphatic heterocycles. The zero-order chi connectivity index (χ0) is 20.8. The lowest BCUT2D eigenvalue weighted by molar-refractivity contribution is 0.0911. The predicted molar refractivity (Wildman–Crippen MR) is 111 cm³/mol. The number of ketones is 1. The van der Waals surface area contributed by atoms with Crippen LogP contribution in [-0.2, 0) is 6.42 Å². The van der Waals surface area contributed by atoms with Gasteiger partial charge >= 0.3 is 0 Å². The monoisotopic (exact) mass is 391 g/mol. The van der Waals surface area contributed by atoms with Crippen molar-refractivity contribution in [1.82, 2.24) is 19.7 Å². The standard InChI is InChI=1S/C22H25N5O2/c1-13-10-14(2)24-21(23-13)27-16-11-22(3,4)12-17(28)19(16)20(26-27)25-15-8-6-7-9-18(15)29-5/h6-10H,11-12H2,1-5H3,(H,25,26). The van der Waals surface area contributed by atoms with E-state index in [1.807, 2.05) is 44.2 Å². The van der Waals surface area contributed by atoms with Crippen molar-refractivity contribution in [3.05, 3.63) is 53.0 Å². The second-order valence-electron chi connectivity index (χ2n) is 8.30. The first-order valence-corrected chi connectivity index (χ1v) is 9.65. The summed E-state index contributed by atoms with van der Waals surface area (Å²) >= 11 is 0. The molecule has 4 rings (SSSR count). The van der Waals surface area contributed by atoms with E-state index in [9.17, 15) is 4.79 Å². The normalized spacial score (nSPS) is 15.1. The maximum Gasteiger partial charge on any atom is 0.251 e. The summed E-state index contributed by atoms with van der Waals surface area (Å²) in [5, 5.41) is 8.03. The van der Waals surface area contributed by atoms with Gasteiger partial charge in [0.05, 0.1) is 24.1 Å². The van der Waals surface area contributed by atoms with E-state index in [2.05, 4.69) is 29.1 Å². The summed E-state index contributed by atoms with van der Waals surface area (Å²) in [6, 6.07) is 9.49. The van der Waals surface area contributed by atoms with Crippen molar-refractivity contribution in [3.8, 4) is 11.7 Å². The SMILES string of the molecule is COc1ccccc1Nc1nn(-c2nc(C)cc(C)n2)c2c1C(=O)CC(C)(C)C2. The number of nitrogens with one attached hydrogen (secondary N) is 1. The van der Waals surface area contributed by atoms with Crippen LogP contribution in [0.4, 0.5) is 11.5 Å². The van der Waals surface area contributed by atoms with Gasteiger partial charge in [-0.25, -0.2) is 14.6 Å². The minimum Gasteiger partial charge on any atom is -0.495 e. The van der Waals surface area contributed by atoms with E-state index in [0.29, 0.717) is 35.9 Å². The molecule has 3 aromatic rings. The number of nitrogens with zero attached hydrogens (tertiary/aromatic N) is 4. The smallest absolute Gasteiger partial charge is 0.251 e. The molecule has 0 bridgehead atoms. The molecule has 0 atom stereocenters. The summed E-state index contributed by atoms with van der Waals surface area (Å²) in [7, 11) is 1.62. The van der Waals surface area contributed by atoms with Crippen molar-refractivity contribution in [1.29, 1.82) is 0 Å². The van der Waals surface area contributed by atoms with Crippen LogP contribution in [0.5, 0.6) is 5.75 Å². The average Bonchev–Trinajstić information content (AvgIpc) is 2.98. The Morgan fingerprint density at radius 3 is 2.48 bits per heavy atom. The summed E-state index contributed by atoms with van der Waals surface area (Å²) in [6.45, 7) is 8.05. The van der Waals surface area contributed by atoms with Gasteiger partial charge < -0.3 is 10.1 Å². The van der Waals surface area contributed by atoms with Gasteiger partial charge in [-0.05, 0) is 43.9 Å². The molecule has 0 fully saturated rings. The number of aryl methyl sites for hydroxylation is 2. The average molecular weight is 391 g/mol. The Balaban J connectivity index is 1.89. The lowest BCUT2D eigenvalue weighted by Gasteiger charge is -2.28. The maximum absolute atomic E-state index is 13.1. The van der Waals surface area contributed by atoms with Crippen LogP contribution in [0.3, 0.4) is 0 Å². The van der Waals surface area contributed by atoms with Crippen LogP contribution in [-0.4, -0.2) is 32.6 Å². The number of carbonyl (C=O) groups is 1. The highest BCUT2D eigenvalue weighted by Gasteiger charge is 2.37. The number of methoxy groups -OCH3 is 1. The van der Waals surface area contributed by atoms with Gasteiger partial charge in [0.1, 0.15) is 5.75 Å². The van der Waals surface area contributed by atoms with E-state index in [1.54, 1.807) is 11.8 Å². The van der Waals surface area contributed by atoms with Gasteiger partial charge in [-0.1, -0.05) is 26.0 Å². The van der Waals surface area contributed by atoms with Crippen molar-refractivity contribution in [3.63, 3.8) is 0 Å². The van der Waals surface area contributed by atoms with Gasteiger partial charge in [0.2, 0.25) is 0 Å². The first-order valence-electron chi connectivity index (χ1n) is 9.65. The molecule has 0 spiro atoms. The number of Topliss-reactive ketones (excluding diaryl/α,β-unsaturated/α-hetero) is 1. The Kier molecular flexibility index (Phi) is 4.61. The van der Waals surface area contributed by atoms with Gasteiger partial charge in [-0.3, -0.25) is 4.79 Å². The van der Waals surface area contributed by atoms with Crippen LogP contribution in [0.25, 0.3) is 5.95 Å². The highest BCUT2D eigenvalue weighted by Crippen LogP contribution is 2.40. The Hall–Kier alpha value is -3.22. The molecule has 0 saturated carbocycles. The van der Waals surface area contributed by atoms with Gasteiger partial charge in [-0.15, -0.1) is 5.10 Å². The predicted octanol–water partition coefficient (Wildman–Crippen LogP) is 4.19. The fraction of sp³-hybridized carbons (Fsp3) is 0.364. The van der Waals surface area contributed by atoms with Crippen molar-refractivity contribution in [2.24, 2.45) is 5.41 Å². The number of ether oxygens (including phenoxy) is 1. The molecule has 0 amide bonds. The third kappa shape index (κ3) is 3.60. The van der Waals surface area contributed by atoms with E-state index < -0.39 is 0 Å². The molecule has 1 aliphatic carbocycles. The van der Waals surface area contributed by atoms with Crippen LogP contribution in [0, 0.1) is 19.3 Å². The quantitative estimate of drug-likeness (QED) is 0.718. The number of benzene rings is 1. The first-order chi connectivity index (χ1) is 13.8. The summed E-state index contributed by atoms with van der Waals surface area (Å²) in [5.74, 6) is 1.75. The van der Waals surface area contributed by atoms with Crippen molar-refractivity contribution in [2.45, 2.75) is 40.5 Å². The Morgan fingerprint density at radius 2 is 1.79 bits per heavy atom. The van der Waals surface area contributed by atoms with Crippen molar-refractivity contribution < 1.29 is 9.53 Å². The van der Waals surface area contributed by atoms with Gasteiger partial charge in [-0.2, -0.15) is 0 Å². The molecule has 29 heavy (non-hydrogen) atoms. The Bertz CT molecular complexity index is 1080. The molecular weight excluding hydrogens is 366 g/mol. The molecule has 2 aromatic heterocycles.